The molecule has 1 saturated carbocycles. The molecule has 19 heavy (non-hydrogen) atoms. The number of hydrogen-bond acceptors (Lipinski definition) is 2. The van der Waals surface area contributed by atoms with Crippen molar-refractivity contribution in [3.63, 3.8) is 0 Å². The van der Waals surface area contributed by atoms with Crippen LogP contribution in [0.4, 0.5) is 0 Å². The molecule has 1 unspecified atom stereocenters. The Morgan fingerprint density at radius 2 is 2.16 bits per heavy atom. The second-order valence-corrected chi connectivity index (χ2v) is 6.58. The smallest absolute Gasteiger partial charge is 0.0494 e. The van der Waals surface area contributed by atoms with Crippen molar-refractivity contribution in [3.05, 3.63) is 33.8 Å². The van der Waals surface area contributed by atoms with E-state index in [-0.39, 0.29) is 0 Å². The second-order valence-electron chi connectivity index (χ2n) is 5.72. The van der Waals surface area contributed by atoms with Crippen molar-refractivity contribution < 1.29 is 4.74 Å². The van der Waals surface area contributed by atoms with Crippen LogP contribution in [-0.4, -0.2) is 19.8 Å². The molecule has 1 N–H and O–H groups in total. The van der Waals surface area contributed by atoms with E-state index in [0.717, 1.165) is 32.1 Å². The van der Waals surface area contributed by atoms with Crippen molar-refractivity contribution in [1.29, 1.82) is 0 Å². The van der Waals surface area contributed by atoms with E-state index in [4.69, 9.17) is 4.74 Å². The number of fused-ring (bicyclic) bond motifs is 1. The van der Waals surface area contributed by atoms with Gasteiger partial charge in [0.05, 0.1) is 0 Å². The van der Waals surface area contributed by atoms with Crippen molar-refractivity contribution in [2.24, 2.45) is 5.92 Å². The molecule has 3 rings (SSSR count). The van der Waals surface area contributed by atoms with E-state index >= 15 is 0 Å². The molecule has 0 aromatic heterocycles. The molecule has 0 spiro atoms. The van der Waals surface area contributed by atoms with Crippen LogP contribution in [0.2, 0.25) is 0 Å². The molecule has 2 nitrogen and oxygen atoms in total. The first-order chi connectivity index (χ1) is 9.34. The summed E-state index contributed by atoms with van der Waals surface area (Å²) in [5.74, 6) is 0.881. The van der Waals surface area contributed by atoms with E-state index in [9.17, 15) is 0 Å². The Morgan fingerprint density at radius 1 is 1.26 bits per heavy atom. The van der Waals surface area contributed by atoms with Crippen molar-refractivity contribution in [2.45, 2.75) is 38.1 Å². The van der Waals surface area contributed by atoms with Gasteiger partial charge in [0.1, 0.15) is 0 Å². The maximum atomic E-state index is 5.66. The average molecular weight is 324 g/mol. The highest BCUT2D eigenvalue weighted by Gasteiger charge is 2.23. The highest BCUT2D eigenvalue weighted by molar-refractivity contribution is 9.10. The summed E-state index contributed by atoms with van der Waals surface area (Å²) >= 11 is 3.65. The molecular formula is C16H22BrNO. The van der Waals surface area contributed by atoms with Gasteiger partial charge in [0, 0.05) is 23.7 Å². The SMILES string of the molecule is Brc1cccc2c1CCC2NCCCOCC1CC1. The van der Waals surface area contributed by atoms with E-state index in [1.807, 2.05) is 0 Å². The van der Waals surface area contributed by atoms with Crippen LogP contribution < -0.4 is 5.32 Å². The summed E-state index contributed by atoms with van der Waals surface area (Å²) in [5, 5.41) is 3.67. The van der Waals surface area contributed by atoms with E-state index < -0.39 is 0 Å². The second kappa shape index (κ2) is 6.38. The number of rotatable bonds is 7. The summed E-state index contributed by atoms with van der Waals surface area (Å²) in [4.78, 5) is 0. The molecule has 0 radical (unpaired) electrons. The summed E-state index contributed by atoms with van der Waals surface area (Å²) in [6, 6.07) is 7.08. The third-order valence-corrected chi connectivity index (χ3v) is 4.86. The number of ether oxygens (including phenoxy) is 1. The molecule has 0 bridgehead atoms. The minimum atomic E-state index is 0.538. The molecule has 1 aromatic rings. The largest absolute Gasteiger partial charge is 0.381 e. The highest BCUT2D eigenvalue weighted by atomic mass is 79.9. The first kappa shape index (κ1) is 13.6. The van der Waals surface area contributed by atoms with Crippen molar-refractivity contribution in [2.75, 3.05) is 19.8 Å². The van der Waals surface area contributed by atoms with Crippen LogP contribution in [0.25, 0.3) is 0 Å². The van der Waals surface area contributed by atoms with Crippen LogP contribution in [0.5, 0.6) is 0 Å². The molecule has 1 fully saturated rings. The highest BCUT2D eigenvalue weighted by Crippen LogP contribution is 2.35. The molecule has 104 valence electrons. The fraction of sp³-hybridized carbons (Fsp3) is 0.625. The van der Waals surface area contributed by atoms with Crippen molar-refractivity contribution in [3.8, 4) is 0 Å². The van der Waals surface area contributed by atoms with Gasteiger partial charge in [0.25, 0.3) is 0 Å². The van der Waals surface area contributed by atoms with E-state index in [1.54, 1.807) is 0 Å². The van der Waals surface area contributed by atoms with Gasteiger partial charge in [-0.2, -0.15) is 0 Å². The van der Waals surface area contributed by atoms with E-state index in [0.29, 0.717) is 6.04 Å². The van der Waals surface area contributed by atoms with Gasteiger partial charge in [-0.3, -0.25) is 0 Å². The predicted octanol–water partition coefficient (Wildman–Crippen LogP) is 3.84. The molecule has 0 saturated heterocycles. The van der Waals surface area contributed by atoms with Gasteiger partial charge in [-0.1, -0.05) is 28.1 Å². The molecule has 3 heteroatoms. The van der Waals surface area contributed by atoms with Gasteiger partial charge in [-0.25, -0.2) is 0 Å². The lowest BCUT2D eigenvalue weighted by atomic mass is 10.1. The van der Waals surface area contributed by atoms with Crippen LogP contribution in [0, 0.1) is 5.92 Å². The van der Waals surface area contributed by atoms with E-state index in [2.05, 4.69) is 39.4 Å². The number of halogens is 1. The summed E-state index contributed by atoms with van der Waals surface area (Å²) in [6.45, 7) is 2.95. The molecule has 1 aromatic carbocycles. The Hall–Kier alpha value is -0.380. The van der Waals surface area contributed by atoms with Gasteiger partial charge in [-0.15, -0.1) is 0 Å². The minimum absolute atomic E-state index is 0.538. The van der Waals surface area contributed by atoms with Crippen LogP contribution >= 0.6 is 15.9 Å². The fourth-order valence-electron chi connectivity index (χ4n) is 2.81. The Labute approximate surface area is 124 Å². The van der Waals surface area contributed by atoms with Gasteiger partial charge < -0.3 is 10.1 Å². The van der Waals surface area contributed by atoms with Crippen LogP contribution in [0.1, 0.15) is 42.9 Å². The van der Waals surface area contributed by atoms with Crippen molar-refractivity contribution in [1.82, 2.24) is 5.32 Å². The first-order valence-electron chi connectivity index (χ1n) is 7.43. The Balaban J connectivity index is 1.38. The zero-order chi connectivity index (χ0) is 13.1. The maximum Gasteiger partial charge on any atom is 0.0494 e. The maximum absolute atomic E-state index is 5.66. The predicted molar refractivity (Wildman–Crippen MR) is 81.4 cm³/mol. The van der Waals surface area contributed by atoms with Crippen LogP contribution in [0.3, 0.4) is 0 Å². The first-order valence-corrected chi connectivity index (χ1v) is 8.22. The lowest BCUT2D eigenvalue weighted by Gasteiger charge is -2.14. The fourth-order valence-corrected chi connectivity index (χ4v) is 3.39. The van der Waals surface area contributed by atoms with Gasteiger partial charge in [0.2, 0.25) is 0 Å². The Bertz CT molecular complexity index is 431. The van der Waals surface area contributed by atoms with Crippen LogP contribution in [-0.2, 0) is 11.2 Å². The number of hydrogen-bond donors (Lipinski definition) is 1. The standard InChI is InChI=1S/C16H22BrNO/c17-15-4-1-3-14-13(15)7-8-16(14)18-9-2-10-19-11-12-5-6-12/h1,3-4,12,16,18H,2,5-11H2. The van der Waals surface area contributed by atoms with Crippen molar-refractivity contribution >= 4 is 15.9 Å². The van der Waals surface area contributed by atoms with Crippen LogP contribution in [0.15, 0.2) is 22.7 Å². The Kier molecular flexibility index (Phi) is 4.57. The van der Waals surface area contributed by atoms with Gasteiger partial charge in [-0.05, 0) is 61.8 Å². The van der Waals surface area contributed by atoms with Gasteiger partial charge >= 0.3 is 0 Å². The quantitative estimate of drug-likeness (QED) is 0.770. The normalized spacial score (nSPS) is 21.6. The third kappa shape index (κ3) is 3.59. The lowest BCUT2D eigenvalue weighted by Crippen LogP contribution is -2.21. The summed E-state index contributed by atoms with van der Waals surface area (Å²) in [7, 11) is 0. The zero-order valence-electron chi connectivity index (χ0n) is 11.3. The molecule has 0 heterocycles. The zero-order valence-corrected chi connectivity index (χ0v) is 12.9. The Morgan fingerprint density at radius 3 is 3.00 bits per heavy atom. The monoisotopic (exact) mass is 323 g/mol. The lowest BCUT2D eigenvalue weighted by molar-refractivity contribution is 0.121. The topological polar surface area (TPSA) is 21.3 Å². The molecule has 2 aliphatic rings. The summed E-state index contributed by atoms with van der Waals surface area (Å²) in [6.07, 6.45) is 6.29. The number of nitrogens with one attached hydrogen (secondary N) is 1. The molecule has 0 aliphatic heterocycles. The summed E-state index contributed by atoms with van der Waals surface area (Å²) < 4.78 is 6.93. The minimum Gasteiger partial charge on any atom is -0.381 e. The molecular weight excluding hydrogens is 302 g/mol. The number of benzene rings is 1. The molecule has 0 amide bonds. The molecule has 2 aliphatic carbocycles. The van der Waals surface area contributed by atoms with Gasteiger partial charge in [0.15, 0.2) is 0 Å². The average Bonchev–Trinajstić information content (AvgIpc) is 3.14. The third-order valence-electron chi connectivity index (χ3n) is 4.12. The van der Waals surface area contributed by atoms with E-state index in [1.165, 1.54) is 41.3 Å². The summed E-state index contributed by atoms with van der Waals surface area (Å²) in [5.41, 5.74) is 2.97. The molecule has 1 atom stereocenters.